The third-order valence-electron chi connectivity index (χ3n) is 8.68. The van der Waals surface area contributed by atoms with Crippen LogP contribution < -0.4 is 4.90 Å². The second-order valence-corrected chi connectivity index (χ2v) is 11.5. The summed E-state index contributed by atoms with van der Waals surface area (Å²) in [6, 6.07) is 37.2. The molecule has 0 saturated carbocycles. The Labute approximate surface area is 289 Å². The summed E-state index contributed by atoms with van der Waals surface area (Å²) in [5, 5.41) is 5.48. The van der Waals surface area contributed by atoms with E-state index in [9.17, 15) is 0 Å². The van der Waals surface area contributed by atoms with Crippen molar-refractivity contribution in [3.8, 4) is 33.4 Å². The zero-order valence-electron chi connectivity index (χ0n) is 35.1. The van der Waals surface area contributed by atoms with Gasteiger partial charge in [-0.25, -0.2) is 0 Å². The van der Waals surface area contributed by atoms with E-state index in [1.807, 2.05) is 60.7 Å². The topological polar surface area (TPSA) is 3.24 Å². The SMILES string of the molecule is [2H]c1c([2H])c([2H])c(N(c2cc3ccc4cc(-c5cc(-c6ccccc6)cc(-c6ccccc6)c5)cc5ccc(c2)c3c45)c2c([2H])c([2H])c([2H])c([2H])c2[2H])c([2H])c1[2H]. The number of hydrogen-bond donors (Lipinski definition) is 0. The van der Waals surface area contributed by atoms with Gasteiger partial charge in [-0.15, -0.1) is 0 Å². The molecule has 0 atom stereocenters. The van der Waals surface area contributed by atoms with Crippen LogP contribution in [0.5, 0.6) is 0 Å². The van der Waals surface area contributed by atoms with Crippen molar-refractivity contribution >= 4 is 49.4 Å². The first-order chi connectivity index (χ1) is 27.4. The minimum Gasteiger partial charge on any atom is -0.310 e. The average molecular weight is 608 g/mol. The molecule has 1 nitrogen and oxygen atoms in total. The third kappa shape index (κ3) is 4.90. The van der Waals surface area contributed by atoms with E-state index in [0.29, 0.717) is 0 Å². The smallest absolute Gasteiger partial charge is 0.0645 e. The summed E-state index contributed by atoms with van der Waals surface area (Å²) in [4.78, 5) is 1.21. The first kappa shape index (κ1) is 18.7. The van der Waals surface area contributed by atoms with E-state index in [1.165, 1.54) is 4.90 Å². The quantitative estimate of drug-likeness (QED) is 0.170. The predicted molar refractivity (Wildman–Crippen MR) is 201 cm³/mol. The zero-order chi connectivity index (χ0) is 39.9. The maximum absolute atomic E-state index is 8.87. The fraction of sp³-hybridized carbons (Fsp3) is 0. The fourth-order valence-electron chi connectivity index (χ4n) is 6.59. The van der Waals surface area contributed by atoms with Gasteiger partial charge >= 0.3 is 0 Å². The lowest BCUT2D eigenvalue weighted by atomic mass is 9.89. The highest BCUT2D eigenvalue weighted by atomic mass is 15.1. The molecule has 0 aliphatic carbocycles. The van der Waals surface area contributed by atoms with Gasteiger partial charge in [0.2, 0.25) is 0 Å². The molecule has 0 unspecified atom stereocenters. The van der Waals surface area contributed by atoms with Gasteiger partial charge in [-0.3, -0.25) is 0 Å². The van der Waals surface area contributed by atoms with E-state index >= 15 is 0 Å². The van der Waals surface area contributed by atoms with Crippen molar-refractivity contribution in [3.63, 3.8) is 0 Å². The van der Waals surface area contributed by atoms with Crippen molar-refractivity contribution in [1.82, 2.24) is 0 Å². The van der Waals surface area contributed by atoms with Gasteiger partial charge in [0.25, 0.3) is 0 Å². The van der Waals surface area contributed by atoms with Gasteiger partial charge in [-0.05, 0) is 132 Å². The fourth-order valence-corrected chi connectivity index (χ4v) is 6.59. The summed E-state index contributed by atoms with van der Waals surface area (Å²) in [5.41, 5.74) is 6.16. The van der Waals surface area contributed by atoms with Gasteiger partial charge in [0.15, 0.2) is 0 Å². The summed E-state index contributed by atoms with van der Waals surface area (Å²) >= 11 is 0. The molecule has 0 amide bonds. The molecule has 0 fully saturated rings. The van der Waals surface area contributed by atoms with Gasteiger partial charge in [-0.1, -0.05) is 121 Å². The van der Waals surface area contributed by atoms with E-state index in [0.717, 1.165) is 65.7 Å². The molecule has 0 heterocycles. The Morgan fingerprint density at radius 2 is 0.681 bits per heavy atom. The Bertz CT molecular complexity index is 2820. The standard InChI is InChI=1S/C46H31N/c1-5-13-32(14-6-1)38-27-39(33-15-7-2-8-16-33)29-41(28-38)40-25-34-21-23-36-30-44(31-37-24-22-35(26-40)45(34)46(36)37)47(42-17-9-3-10-18-42)43-19-11-4-12-20-43/h1-31H/i3D,4D,9D,10D,11D,12D,17D,18D,19D,20D. The lowest BCUT2D eigenvalue weighted by Gasteiger charge is -2.26. The van der Waals surface area contributed by atoms with Crippen LogP contribution in [-0.4, -0.2) is 0 Å². The Kier molecular flexibility index (Phi) is 4.50. The summed E-state index contributed by atoms with van der Waals surface area (Å²) in [6.07, 6.45) is 0. The minimum atomic E-state index is -0.609. The van der Waals surface area contributed by atoms with Crippen LogP contribution in [0.4, 0.5) is 17.1 Å². The van der Waals surface area contributed by atoms with Crippen LogP contribution in [0.25, 0.3) is 65.7 Å². The van der Waals surface area contributed by atoms with Gasteiger partial charge in [-0.2, -0.15) is 0 Å². The van der Waals surface area contributed by atoms with Crippen molar-refractivity contribution in [2.75, 3.05) is 4.90 Å². The lowest BCUT2D eigenvalue weighted by molar-refractivity contribution is 1.29. The number of anilines is 3. The second kappa shape index (κ2) is 11.3. The summed E-state index contributed by atoms with van der Waals surface area (Å²) < 4.78 is 85.6. The van der Waals surface area contributed by atoms with E-state index in [-0.39, 0.29) is 17.1 Å². The Morgan fingerprint density at radius 3 is 1.11 bits per heavy atom. The summed E-state index contributed by atoms with van der Waals surface area (Å²) in [5.74, 6) is 0. The van der Waals surface area contributed by atoms with Crippen LogP contribution in [0.3, 0.4) is 0 Å². The normalized spacial score (nSPS) is 14.4. The number of benzene rings is 9. The molecule has 9 rings (SSSR count). The van der Waals surface area contributed by atoms with Crippen LogP contribution in [0.15, 0.2) is 188 Å². The van der Waals surface area contributed by atoms with Crippen molar-refractivity contribution in [3.05, 3.63) is 188 Å². The molecule has 0 aromatic heterocycles. The van der Waals surface area contributed by atoms with Gasteiger partial charge < -0.3 is 4.90 Å². The molecule has 0 aliphatic heterocycles. The van der Waals surface area contributed by atoms with Gasteiger partial charge in [0.1, 0.15) is 0 Å². The molecule has 9 aromatic carbocycles. The molecule has 0 spiro atoms. The average Bonchev–Trinajstić information content (AvgIpc) is 3.25. The van der Waals surface area contributed by atoms with E-state index < -0.39 is 60.4 Å². The maximum Gasteiger partial charge on any atom is 0.0645 e. The molecule has 9 aromatic rings. The van der Waals surface area contributed by atoms with Gasteiger partial charge in [0, 0.05) is 17.1 Å². The molecule has 47 heavy (non-hydrogen) atoms. The number of hydrogen-bond acceptors (Lipinski definition) is 1. The number of para-hydroxylation sites is 2. The molecular weight excluding hydrogens is 567 g/mol. The predicted octanol–water partition coefficient (Wildman–Crippen LogP) is 13.1. The highest BCUT2D eigenvalue weighted by molar-refractivity contribution is 6.24. The van der Waals surface area contributed by atoms with Crippen LogP contribution in [0.1, 0.15) is 13.7 Å². The van der Waals surface area contributed by atoms with Crippen LogP contribution in [0.2, 0.25) is 0 Å². The molecular formula is C46H31N. The zero-order valence-corrected chi connectivity index (χ0v) is 25.1. The van der Waals surface area contributed by atoms with Gasteiger partial charge in [0.05, 0.1) is 13.7 Å². The summed E-state index contributed by atoms with van der Waals surface area (Å²) in [6.45, 7) is 0. The Hall–Kier alpha value is -6.18. The second-order valence-electron chi connectivity index (χ2n) is 11.5. The molecule has 0 N–H and O–H groups in total. The molecule has 0 aliphatic rings. The van der Waals surface area contributed by atoms with E-state index in [2.05, 4.69) is 54.6 Å². The van der Waals surface area contributed by atoms with E-state index in [4.69, 9.17) is 13.7 Å². The summed E-state index contributed by atoms with van der Waals surface area (Å²) in [7, 11) is 0. The monoisotopic (exact) mass is 607 g/mol. The highest BCUT2D eigenvalue weighted by Gasteiger charge is 2.17. The van der Waals surface area contributed by atoms with Crippen molar-refractivity contribution in [2.24, 2.45) is 0 Å². The van der Waals surface area contributed by atoms with Crippen molar-refractivity contribution < 1.29 is 13.7 Å². The molecule has 0 bridgehead atoms. The highest BCUT2D eigenvalue weighted by Crippen LogP contribution is 2.43. The largest absolute Gasteiger partial charge is 0.310 e. The number of nitrogens with zero attached hydrogens (tertiary/aromatic N) is 1. The van der Waals surface area contributed by atoms with Crippen molar-refractivity contribution in [1.29, 1.82) is 0 Å². The first-order valence-corrected chi connectivity index (χ1v) is 15.4. The molecule has 0 radical (unpaired) electrons. The Morgan fingerprint density at radius 1 is 0.319 bits per heavy atom. The maximum atomic E-state index is 8.87. The minimum absolute atomic E-state index is 0.268. The van der Waals surface area contributed by atoms with Crippen molar-refractivity contribution in [2.45, 2.75) is 0 Å². The molecule has 1 heteroatoms. The lowest BCUT2D eigenvalue weighted by Crippen LogP contribution is -2.09. The molecule has 220 valence electrons. The third-order valence-corrected chi connectivity index (χ3v) is 8.68. The van der Waals surface area contributed by atoms with Crippen LogP contribution in [-0.2, 0) is 0 Å². The van der Waals surface area contributed by atoms with Crippen LogP contribution in [0, 0.1) is 0 Å². The van der Waals surface area contributed by atoms with Crippen LogP contribution >= 0.6 is 0 Å². The number of rotatable bonds is 6. The molecule has 0 saturated heterocycles. The van der Waals surface area contributed by atoms with E-state index in [1.54, 1.807) is 12.1 Å². The first-order valence-electron chi connectivity index (χ1n) is 20.4. The Balaban J connectivity index is 1.26.